The summed E-state index contributed by atoms with van der Waals surface area (Å²) in [5.41, 5.74) is 2.22. The molecule has 0 spiro atoms. The smallest absolute Gasteiger partial charge is 0.230 e. The number of aryl methyl sites for hydroxylation is 3. The highest BCUT2D eigenvalue weighted by atomic mass is 16.4. The molecule has 6 heteroatoms. The van der Waals surface area contributed by atoms with E-state index >= 15 is 0 Å². The first-order valence-electron chi connectivity index (χ1n) is 5.14. The lowest BCUT2D eigenvalue weighted by atomic mass is 10.2. The number of nitrogens with zero attached hydrogens (tertiary/aromatic N) is 4. The van der Waals surface area contributed by atoms with Crippen LogP contribution in [0, 0.1) is 13.8 Å². The van der Waals surface area contributed by atoms with Crippen molar-refractivity contribution >= 4 is 0 Å². The first-order valence-corrected chi connectivity index (χ1v) is 5.14. The second-order valence-electron chi connectivity index (χ2n) is 3.73. The van der Waals surface area contributed by atoms with Gasteiger partial charge in [-0.25, -0.2) is 0 Å². The van der Waals surface area contributed by atoms with Crippen molar-refractivity contribution in [3.63, 3.8) is 0 Å². The highest BCUT2D eigenvalue weighted by Crippen LogP contribution is 2.04. The van der Waals surface area contributed by atoms with Gasteiger partial charge in [-0.2, -0.15) is 5.10 Å². The molecular weight excluding hydrogens is 206 g/mol. The zero-order valence-corrected chi connectivity index (χ0v) is 9.69. The predicted molar refractivity (Wildman–Crippen MR) is 57.5 cm³/mol. The molecule has 0 saturated heterocycles. The molecular formula is C10H15N5O. The van der Waals surface area contributed by atoms with Crippen LogP contribution in [0.5, 0.6) is 0 Å². The lowest BCUT2D eigenvalue weighted by Crippen LogP contribution is -2.13. The topological polar surface area (TPSA) is 68.8 Å². The first-order chi connectivity index (χ1) is 7.65. The third-order valence-electron chi connectivity index (χ3n) is 2.27. The van der Waals surface area contributed by atoms with E-state index in [0.717, 1.165) is 12.2 Å². The Kier molecular flexibility index (Phi) is 3.00. The summed E-state index contributed by atoms with van der Waals surface area (Å²) in [4.78, 5) is 0. The van der Waals surface area contributed by atoms with Crippen LogP contribution < -0.4 is 5.32 Å². The molecule has 0 unspecified atom stereocenters. The van der Waals surface area contributed by atoms with Gasteiger partial charge in [-0.05, 0) is 6.92 Å². The fourth-order valence-corrected chi connectivity index (χ4v) is 1.54. The van der Waals surface area contributed by atoms with Gasteiger partial charge in [-0.3, -0.25) is 4.68 Å². The minimum absolute atomic E-state index is 0.579. The highest BCUT2D eigenvalue weighted by molar-refractivity contribution is 5.14. The highest BCUT2D eigenvalue weighted by Gasteiger charge is 2.04. The van der Waals surface area contributed by atoms with E-state index in [9.17, 15) is 0 Å². The molecule has 0 radical (unpaired) electrons. The van der Waals surface area contributed by atoms with Crippen molar-refractivity contribution in [2.24, 2.45) is 7.05 Å². The number of nitrogens with one attached hydrogen (secondary N) is 1. The van der Waals surface area contributed by atoms with Gasteiger partial charge in [0.05, 0.1) is 12.2 Å². The van der Waals surface area contributed by atoms with Crippen LogP contribution in [0.1, 0.15) is 23.0 Å². The van der Waals surface area contributed by atoms with E-state index in [-0.39, 0.29) is 0 Å². The van der Waals surface area contributed by atoms with Crippen LogP contribution in [0.15, 0.2) is 10.6 Å². The fraction of sp³-hybridized carbons (Fsp3) is 0.500. The second kappa shape index (κ2) is 4.44. The Balaban J connectivity index is 1.86. The fourth-order valence-electron chi connectivity index (χ4n) is 1.54. The van der Waals surface area contributed by atoms with Crippen LogP contribution in [0.3, 0.4) is 0 Å². The summed E-state index contributed by atoms with van der Waals surface area (Å²) in [6, 6.07) is 0. The minimum atomic E-state index is 0.579. The Morgan fingerprint density at radius 2 is 2.12 bits per heavy atom. The molecule has 86 valence electrons. The van der Waals surface area contributed by atoms with Crippen molar-refractivity contribution in [1.29, 1.82) is 0 Å². The van der Waals surface area contributed by atoms with Crippen molar-refractivity contribution in [3.05, 3.63) is 29.2 Å². The standard InChI is InChI=1S/C10H15N5O/c1-7-9(6-15(3)14-7)4-11-5-10-13-12-8(2)16-10/h6,11H,4-5H2,1-3H3. The lowest BCUT2D eigenvalue weighted by molar-refractivity contribution is 0.446. The molecule has 0 amide bonds. The zero-order valence-electron chi connectivity index (χ0n) is 9.69. The van der Waals surface area contributed by atoms with E-state index in [1.54, 1.807) is 6.92 Å². The van der Waals surface area contributed by atoms with Gasteiger partial charge in [-0.1, -0.05) is 0 Å². The Morgan fingerprint density at radius 1 is 1.31 bits per heavy atom. The van der Waals surface area contributed by atoms with E-state index in [2.05, 4.69) is 20.6 Å². The molecule has 0 atom stereocenters. The van der Waals surface area contributed by atoms with Crippen LogP contribution in [0.4, 0.5) is 0 Å². The monoisotopic (exact) mass is 221 g/mol. The molecule has 1 N–H and O–H groups in total. The first kappa shape index (κ1) is 10.8. The third kappa shape index (κ3) is 2.46. The molecule has 0 aliphatic carbocycles. The van der Waals surface area contributed by atoms with Crippen molar-refractivity contribution in [3.8, 4) is 0 Å². The molecule has 0 aromatic carbocycles. The van der Waals surface area contributed by atoms with Gasteiger partial charge in [0.25, 0.3) is 0 Å². The minimum Gasteiger partial charge on any atom is -0.424 e. The van der Waals surface area contributed by atoms with E-state index in [1.165, 1.54) is 5.56 Å². The lowest BCUT2D eigenvalue weighted by Gasteiger charge is -1.99. The largest absolute Gasteiger partial charge is 0.424 e. The van der Waals surface area contributed by atoms with E-state index < -0.39 is 0 Å². The van der Waals surface area contributed by atoms with Crippen LogP contribution >= 0.6 is 0 Å². The Bertz CT molecular complexity index is 473. The van der Waals surface area contributed by atoms with Gasteiger partial charge in [0.1, 0.15) is 0 Å². The van der Waals surface area contributed by atoms with Gasteiger partial charge >= 0.3 is 0 Å². The van der Waals surface area contributed by atoms with Gasteiger partial charge in [-0.15, -0.1) is 10.2 Å². The third-order valence-corrected chi connectivity index (χ3v) is 2.27. The molecule has 0 aliphatic heterocycles. The summed E-state index contributed by atoms with van der Waals surface area (Å²) in [5.74, 6) is 1.20. The van der Waals surface area contributed by atoms with Crippen LogP contribution in [0.2, 0.25) is 0 Å². The number of aromatic nitrogens is 4. The quantitative estimate of drug-likeness (QED) is 0.823. The molecule has 0 aliphatic rings. The van der Waals surface area contributed by atoms with Crippen LogP contribution in [-0.4, -0.2) is 20.0 Å². The van der Waals surface area contributed by atoms with Crippen LogP contribution in [-0.2, 0) is 20.1 Å². The SMILES string of the molecule is Cc1nnc(CNCc2cn(C)nc2C)o1. The summed E-state index contributed by atoms with van der Waals surface area (Å²) in [6.45, 7) is 5.10. The van der Waals surface area contributed by atoms with Gasteiger partial charge in [0, 0.05) is 32.3 Å². The van der Waals surface area contributed by atoms with Crippen molar-refractivity contribution in [2.75, 3.05) is 0 Å². The predicted octanol–water partition coefficient (Wildman–Crippen LogP) is 0.710. The molecule has 2 heterocycles. The molecule has 6 nitrogen and oxygen atoms in total. The Hall–Kier alpha value is -1.69. The number of hydrogen-bond donors (Lipinski definition) is 1. The van der Waals surface area contributed by atoms with E-state index in [4.69, 9.17) is 4.42 Å². The van der Waals surface area contributed by atoms with Crippen LogP contribution in [0.25, 0.3) is 0 Å². The van der Waals surface area contributed by atoms with Crippen molar-refractivity contribution in [1.82, 2.24) is 25.3 Å². The molecule has 0 bridgehead atoms. The summed E-state index contributed by atoms with van der Waals surface area (Å²) in [5, 5.41) is 15.2. The zero-order chi connectivity index (χ0) is 11.5. The Labute approximate surface area is 93.7 Å². The molecule has 0 saturated carbocycles. The molecule has 2 aromatic heterocycles. The van der Waals surface area contributed by atoms with Crippen molar-refractivity contribution in [2.45, 2.75) is 26.9 Å². The number of rotatable bonds is 4. The summed E-state index contributed by atoms with van der Waals surface area (Å²) >= 11 is 0. The van der Waals surface area contributed by atoms with Gasteiger partial charge < -0.3 is 9.73 Å². The molecule has 2 rings (SSSR count). The molecule has 0 fully saturated rings. The molecule has 2 aromatic rings. The van der Waals surface area contributed by atoms with E-state index in [0.29, 0.717) is 18.3 Å². The normalized spacial score (nSPS) is 10.9. The summed E-state index contributed by atoms with van der Waals surface area (Å²) < 4.78 is 7.06. The second-order valence-corrected chi connectivity index (χ2v) is 3.73. The molecule has 16 heavy (non-hydrogen) atoms. The maximum absolute atomic E-state index is 5.25. The average Bonchev–Trinajstić information content (AvgIpc) is 2.74. The average molecular weight is 221 g/mol. The van der Waals surface area contributed by atoms with Crippen molar-refractivity contribution < 1.29 is 4.42 Å². The summed E-state index contributed by atoms with van der Waals surface area (Å²) in [7, 11) is 1.91. The Morgan fingerprint density at radius 3 is 2.69 bits per heavy atom. The maximum atomic E-state index is 5.25. The van der Waals surface area contributed by atoms with E-state index in [1.807, 2.05) is 24.9 Å². The summed E-state index contributed by atoms with van der Waals surface area (Å²) in [6.07, 6.45) is 2.00. The number of hydrogen-bond acceptors (Lipinski definition) is 5. The maximum Gasteiger partial charge on any atom is 0.230 e. The van der Waals surface area contributed by atoms with Gasteiger partial charge in [0.2, 0.25) is 11.8 Å². The van der Waals surface area contributed by atoms with Gasteiger partial charge in [0.15, 0.2) is 0 Å².